The summed E-state index contributed by atoms with van der Waals surface area (Å²) in [6.45, 7) is 1.40. The summed E-state index contributed by atoms with van der Waals surface area (Å²) in [6.07, 6.45) is 1.03. The fourth-order valence-electron chi connectivity index (χ4n) is 2.00. The van der Waals surface area contributed by atoms with Crippen molar-refractivity contribution in [3.63, 3.8) is 0 Å². The number of nitrogens with zero attached hydrogens (tertiary/aromatic N) is 1. The van der Waals surface area contributed by atoms with Crippen LogP contribution in [0.4, 0.5) is 16.2 Å². The van der Waals surface area contributed by atoms with Crippen molar-refractivity contribution in [2.45, 2.75) is 6.92 Å². The summed E-state index contributed by atoms with van der Waals surface area (Å²) in [6, 6.07) is 12.0. The third-order valence-corrected chi connectivity index (χ3v) is 3.99. The fraction of sp³-hybridized carbons (Fsp3) is 0.167. The molecule has 2 aromatic rings. The number of amides is 2. The van der Waals surface area contributed by atoms with Crippen LogP contribution in [0.2, 0.25) is 5.02 Å². The molecule has 2 amide bonds. The lowest BCUT2D eigenvalue weighted by molar-refractivity contribution is -0.114. The Bertz CT molecular complexity index is 856. The van der Waals surface area contributed by atoms with Crippen molar-refractivity contribution in [2.24, 2.45) is 4.99 Å². The molecule has 0 aliphatic heterocycles. The van der Waals surface area contributed by atoms with E-state index in [0.29, 0.717) is 33.1 Å². The first-order valence-corrected chi connectivity index (χ1v) is 9.34. The zero-order valence-corrected chi connectivity index (χ0v) is 16.5. The van der Waals surface area contributed by atoms with Gasteiger partial charge in [0.15, 0.2) is 5.17 Å². The summed E-state index contributed by atoms with van der Waals surface area (Å²) < 4.78 is 10.3. The van der Waals surface area contributed by atoms with E-state index in [4.69, 9.17) is 16.3 Å². The molecule has 27 heavy (non-hydrogen) atoms. The van der Waals surface area contributed by atoms with E-state index in [1.807, 2.05) is 0 Å². The standard InChI is InChI=1S/C18H18ClN3O4S/c1-11(23)20-16-10-14(26-13-6-4-12(19)5-7-13)8-9-15(16)21-17(27-3)22-18(24)25-2/h4-10H,1-3H3,(H,20,23)(H,21,22,24). The molecular weight excluding hydrogens is 390 g/mol. The molecule has 2 N–H and O–H groups in total. The highest BCUT2D eigenvalue weighted by molar-refractivity contribution is 8.13. The highest BCUT2D eigenvalue weighted by Gasteiger charge is 2.10. The molecule has 0 saturated carbocycles. The van der Waals surface area contributed by atoms with Crippen LogP contribution >= 0.6 is 23.4 Å². The first kappa shape index (κ1) is 20.6. The zero-order valence-electron chi connectivity index (χ0n) is 14.9. The van der Waals surface area contributed by atoms with Gasteiger partial charge in [0.2, 0.25) is 5.91 Å². The van der Waals surface area contributed by atoms with Crippen LogP contribution in [0.15, 0.2) is 47.5 Å². The Hall–Kier alpha value is -2.71. The van der Waals surface area contributed by atoms with Gasteiger partial charge in [0.05, 0.1) is 18.5 Å². The number of ether oxygens (including phenoxy) is 2. The van der Waals surface area contributed by atoms with Gasteiger partial charge in [-0.2, -0.15) is 4.99 Å². The Labute approximate surface area is 166 Å². The molecule has 0 aliphatic rings. The number of methoxy groups -OCH3 is 1. The Morgan fingerprint density at radius 2 is 1.70 bits per heavy atom. The first-order valence-electron chi connectivity index (χ1n) is 7.74. The number of halogens is 1. The summed E-state index contributed by atoms with van der Waals surface area (Å²) in [5, 5.41) is 6.64. The summed E-state index contributed by atoms with van der Waals surface area (Å²) in [5.74, 6) is 0.866. The number of benzene rings is 2. The summed E-state index contributed by atoms with van der Waals surface area (Å²) in [4.78, 5) is 26.7. The SMILES string of the molecule is COC(=O)/N=C(/Nc1ccc(Oc2ccc(Cl)cc2)cc1NC(C)=O)SC. The van der Waals surface area contributed by atoms with E-state index in [-0.39, 0.29) is 5.91 Å². The van der Waals surface area contributed by atoms with Crippen molar-refractivity contribution in [1.29, 1.82) is 0 Å². The molecule has 0 atom stereocenters. The van der Waals surface area contributed by atoms with Crippen molar-refractivity contribution in [3.05, 3.63) is 47.5 Å². The Balaban J connectivity index is 2.28. The molecule has 2 rings (SSSR count). The van der Waals surface area contributed by atoms with Crippen LogP contribution in [0.5, 0.6) is 11.5 Å². The van der Waals surface area contributed by atoms with Gasteiger partial charge in [0, 0.05) is 18.0 Å². The minimum Gasteiger partial charge on any atom is -0.457 e. The summed E-state index contributed by atoms with van der Waals surface area (Å²) in [5.41, 5.74) is 1.02. The Morgan fingerprint density at radius 3 is 2.30 bits per heavy atom. The third-order valence-electron chi connectivity index (χ3n) is 3.15. The molecule has 0 unspecified atom stereocenters. The number of hydrogen-bond donors (Lipinski definition) is 2. The third kappa shape index (κ3) is 6.50. The maximum absolute atomic E-state index is 11.5. The summed E-state index contributed by atoms with van der Waals surface area (Å²) >= 11 is 7.09. The molecular formula is C18H18ClN3O4S. The van der Waals surface area contributed by atoms with Gasteiger partial charge in [-0.3, -0.25) is 4.79 Å². The molecule has 0 spiro atoms. The lowest BCUT2D eigenvalue weighted by Gasteiger charge is -2.15. The van der Waals surface area contributed by atoms with Crippen LogP contribution in [0.1, 0.15) is 6.92 Å². The van der Waals surface area contributed by atoms with Gasteiger partial charge < -0.3 is 20.1 Å². The summed E-state index contributed by atoms with van der Waals surface area (Å²) in [7, 11) is 1.25. The molecule has 2 aromatic carbocycles. The van der Waals surface area contributed by atoms with Gasteiger partial charge in [0.1, 0.15) is 11.5 Å². The van der Waals surface area contributed by atoms with E-state index >= 15 is 0 Å². The second-order valence-corrected chi connectivity index (χ2v) is 6.39. The number of anilines is 2. The van der Waals surface area contributed by atoms with Crippen LogP contribution in [0.3, 0.4) is 0 Å². The van der Waals surface area contributed by atoms with Gasteiger partial charge in [-0.25, -0.2) is 4.79 Å². The van der Waals surface area contributed by atoms with Crippen molar-refractivity contribution >= 4 is 51.9 Å². The van der Waals surface area contributed by atoms with Gasteiger partial charge in [0.25, 0.3) is 0 Å². The topological polar surface area (TPSA) is 89.0 Å². The van der Waals surface area contributed by atoms with Gasteiger partial charge in [-0.15, -0.1) is 0 Å². The average Bonchev–Trinajstić information content (AvgIpc) is 2.64. The number of nitrogens with one attached hydrogen (secondary N) is 2. The van der Waals surface area contributed by atoms with Gasteiger partial charge in [-0.05, 0) is 42.7 Å². The number of rotatable bonds is 4. The van der Waals surface area contributed by atoms with E-state index in [2.05, 4.69) is 20.4 Å². The number of aliphatic imine (C=N–C) groups is 1. The smallest absolute Gasteiger partial charge is 0.435 e. The molecule has 142 valence electrons. The molecule has 0 aromatic heterocycles. The first-order chi connectivity index (χ1) is 12.9. The molecule has 9 heteroatoms. The molecule has 0 bridgehead atoms. The number of amidine groups is 1. The van der Waals surface area contributed by atoms with E-state index in [1.165, 1.54) is 25.8 Å². The number of hydrogen-bond acceptors (Lipinski definition) is 5. The highest BCUT2D eigenvalue weighted by atomic mass is 35.5. The largest absolute Gasteiger partial charge is 0.457 e. The van der Waals surface area contributed by atoms with E-state index in [1.54, 1.807) is 48.7 Å². The van der Waals surface area contributed by atoms with Crippen LogP contribution in [0.25, 0.3) is 0 Å². The maximum Gasteiger partial charge on any atom is 0.435 e. The molecule has 0 aliphatic carbocycles. The van der Waals surface area contributed by atoms with E-state index < -0.39 is 6.09 Å². The predicted molar refractivity (Wildman–Crippen MR) is 109 cm³/mol. The van der Waals surface area contributed by atoms with Crippen LogP contribution in [-0.4, -0.2) is 30.5 Å². The molecule has 0 saturated heterocycles. The van der Waals surface area contributed by atoms with Gasteiger partial charge >= 0.3 is 6.09 Å². The fourth-order valence-corrected chi connectivity index (χ4v) is 2.50. The normalized spacial score (nSPS) is 10.9. The van der Waals surface area contributed by atoms with Crippen molar-refractivity contribution in [2.75, 3.05) is 24.0 Å². The second kappa shape index (κ2) is 9.84. The maximum atomic E-state index is 11.5. The van der Waals surface area contributed by atoms with E-state index in [0.717, 1.165) is 0 Å². The van der Waals surface area contributed by atoms with Crippen LogP contribution in [-0.2, 0) is 9.53 Å². The highest BCUT2D eigenvalue weighted by Crippen LogP contribution is 2.31. The monoisotopic (exact) mass is 407 g/mol. The second-order valence-electron chi connectivity index (χ2n) is 5.16. The quantitative estimate of drug-likeness (QED) is 0.548. The van der Waals surface area contributed by atoms with Crippen LogP contribution in [0, 0.1) is 0 Å². The molecule has 0 radical (unpaired) electrons. The van der Waals surface area contributed by atoms with E-state index in [9.17, 15) is 9.59 Å². The van der Waals surface area contributed by atoms with Crippen molar-refractivity contribution in [1.82, 2.24) is 0 Å². The molecule has 0 fully saturated rings. The Kier molecular flexibility index (Phi) is 7.51. The van der Waals surface area contributed by atoms with Crippen molar-refractivity contribution < 1.29 is 19.1 Å². The minimum absolute atomic E-state index is 0.252. The number of thioether (sulfide) groups is 1. The Morgan fingerprint density at radius 1 is 1.04 bits per heavy atom. The lowest BCUT2D eigenvalue weighted by Crippen LogP contribution is -2.14. The molecule has 0 heterocycles. The number of carbonyl (C=O) groups is 2. The zero-order chi connectivity index (χ0) is 19.8. The van der Waals surface area contributed by atoms with Crippen LogP contribution < -0.4 is 15.4 Å². The average molecular weight is 408 g/mol. The number of carbonyl (C=O) groups excluding carboxylic acids is 2. The lowest BCUT2D eigenvalue weighted by atomic mass is 10.2. The predicted octanol–water partition coefficient (Wildman–Crippen LogP) is 4.99. The minimum atomic E-state index is -0.726. The van der Waals surface area contributed by atoms with Gasteiger partial charge in [-0.1, -0.05) is 23.4 Å². The molecule has 7 nitrogen and oxygen atoms in total. The van der Waals surface area contributed by atoms with Crippen molar-refractivity contribution in [3.8, 4) is 11.5 Å².